The van der Waals surface area contributed by atoms with Crippen molar-refractivity contribution < 1.29 is 9.90 Å². The Morgan fingerprint density at radius 1 is 1.41 bits per heavy atom. The second-order valence-corrected chi connectivity index (χ2v) is 4.13. The minimum absolute atomic E-state index is 0.0113. The van der Waals surface area contributed by atoms with Crippen molar-refractivity contribution >= 4 is 5.97 Å². The van der Waals surface area contributed by atoms with Crippen LogP contribution in [-0.2, 0) is 4.79 Å². The first-order valence-corrected chi connectivity index (χ1v) is 5.28. The molecule has 1 heterocycles. The minimum atomic E-state index is -1.09. The fraction of sp³-hybridized carbons (Fsp3) is 0.417. The number of hydrogen-bond acceptors (Lipinski definition) is 3. The Hall–Kier alpha value is -2.09. The molecule has 0 aromatic carbocycles. The molecule has 5 heteroatoms. The monoisotopic (exact) mass is 234 g/mol. The zero-order valence-electron chi connectivity index (χ0n) is 9.97. The van der Waals surface area contributed by atoms with E-state index in [1.54, 1.807) is 12.1 Å². The number of carbonyl (C=O) groups is 1. The minimum Gasteiger partial charge on any atom is -0.480 e. The summed E-state index contributed by atoms with van der Waals surface area (Å²) in [6, 6.07) is 3.85. The number of aliphatic carboxylic acids is 1. The first kappa shape index (κ1) is 13.0. The van der Waals surface area contributed by atoms with E-state index in [0.717, 1.165) is 0 Å². The lowest BCUT2D eigenvalue weighted by Gasteiger charge is -2.18. The maximum absolute atomic E-state index is 11.9. The van der Waals surface area contributed by atoms with Gasteiger partial charge in [0.15, 0.2) is 0 Å². The predicted octanol–water partition coefficient (Wildman–Crippen LogP) is 1.49. The Labute approximate surface area is 98.9 Å². The van der Waals surface area contributed by atoms with Crippen LogP contribution in [0.3, 0.4) is 0 Å². The highest BCUT2D eigenvalue weighted by Crippen LogP contribution is 2.17. The quantitative estimate of drug-likeness (QED) is 0.858. The van der Waals surface area contributed by atoms with Gasteiger partial charge in [-0.1, -0.05) is 13.8 Å². The van der Waals surface area contributed by atoms with E-state index in [2.05, 4.69) is 0 Å². The summed E-state index contributed by atoms with van der Waals surface area (Å²) in [5, 5.41) is 17.8. The summed E-state index contributed by atoms with van der Waals surface area (Å²) in [5.41, 5.74) is 0.0278. The lowest BCUT2D eigenvalue weighted by atomic mass is 10.1. The average molecular weight is 234 g/mol. The Balaban J connectivity index is 3.58. The van der Waals surface area contributed by atoms with Gasteiger partial charge in [0, 0.05) is 5.69 Å². The van der Waals surface area contributed by atoms with E-state index in [0.29, 0.717) is 5.69 Å². The Morgan fingerprint density at radius 2 is 2.00 bits per heavy atom. The standard InChI is InChI=1S/C12H14N2O3/c1-7(2)10-5-4-9(6-13)11(15)14(10)8(3)12(16)17/h4-5,7-8H,1-3H3,(H,16,17). The van der Waals surface area contributed by atoms with Gasteiger partial charge in [0.1, 0.15) is 17.7 Å². The van der Waals surface area contributed by atoms with Crippen molar-refractivity contribution in [3.63, 3.8) is 0 Å². The highest BCUT2D eigenvalue weighted by atomic mass is 16.4. The van der Waals surface area contributed by atoms with Crippen molar-refractivity contribution in [1.29, 1.82) is 5.26 Å². The number of nitrogens with zero attached hydrogens (tertiary/aromatic N) is 2. The van der Waals surface area contributed by atoms with Crippen LogP contribution >= 0.6 is 0 Å². The summed E-state index contributed by atoms with van der Waals surface area (Å²) in [6.07, 6.45) is 0. The smallest absolute Gasteiger partial charge is 0.326 e. The van der Waals surface area contributed by atoms with Crippen LogP contribution in [0.15, 0.2) is 16.9 Å². The van der Waals surface area contributed by atoms with Crippen LogP contribution in [0.2, 0.25) is 0 Å². The first-order valence-electron chi connectivity index (χ1n) is 5.28. The van der Waals surface area contributed by atoms with Crippen LogP contribution in [0.5, 0.6) is 0 Å². The maximum Gasteiger partial charge on any atom is 0.326 e. The number of carboxylic acids is 1. The van der Waals surface area contributed by atoms with E-state index >= 15 is 0 Å². The molecule has 0 radical (unpaired) electrons. The van der Waals surface area contributed by atoms with E-state index in [1.807, 2.05) is 13.8 Å². The van der Waals surface area contributed by atoms with Crippen molar-refractivity contribution in [1.82, 2.24) is 4.57 Å². The van der Waals surface area contributed by atoms with E-state index in [4.69, 9.17) is 10.4 Å². The number of pyridine rings is 1. The van der Waals surface area contributed by atoms with Gasteiger partial charge in [-0.3, -0.25) is 9.36 Å². The highest BCUT2D eigenvalue weighted by molar-refractivity contribution is 5.71. The molecule has 0 aliphatic heterocycles. The lowest BCUT2D eigenvalue weighted by molar-refractivity contribution is -0.140. The summed E-state index contributed by atoms with van der Waals surface area (Å²) in [4.78, 5) is 22.9. The molecule has 0 spiro atoms. The second kappa shape index (κ2) is 4.83. The molecule has 1 atom stereocenters. The molecule has 17 heavy (non-hydrogen) atoms. The molecule has 0 saturated heterocycles. The third-order valence-electron chi connectivity index (χ3n) is 2.60. The normalized spacial score (nSPS) is 12.2. The second-order valence-electron chi connectivity index (χ2n) is 4.13. The van der Waals surface area contributed by atoms with Crippen LogP contribution in [0.4, 0.5) is 0 Å². The molecule has 1 aromatic heterocycles. The van der Waals surface area contributed by atoms with Crippen molar-refractivity contribution in [2.24, 2.45) is 0 Å². The third-order valence-corrected chi connectivity index (χ3v) is 2.60. The van der Waals surface area contributed by atoms with Gasteiger partial charge in [-0.05, 0) is 25.0 Å². The van der Waals surface area contributed by atoms with Gasteiger partial charge in [-0.2, -0.15) is 5.26 Å². The highest BCUT2D eigenvalue weighted by Gasteiger charge is 2.20. The fourth-order valence-electron chi connectivity index (χ4n) is 1.63. The van der Waals surface area contributed by atoms with E-state index in [9.17, 15) is 9.59 Å². The van der Waals surface area contributed by atoms with Gasteiger partial charge >= 0.3 is 5.97 Å². The fourth-order valence-corrected chi connectivity index (χ4v) is 1.63. The lowest BCUT2D eigenvalue weighted by Crippen LogP contribution is -2.32. The topological polar surface area (TPSA) is 83.1 Å². The maximum atomic E-state index is 11.9. The Morgan fingerprint density at radius 3 is 2.41 bits per heavy atom. The van der Waals surface area contributed by atoms with E-state index < -0.39 is 17.6 Å². The first-order chi connectivity index (χ1) is 7.90. The van der Waals surface area contributed by atoms with Gasteiger partial charge in [-0.15, -0.1) is 0 Å². The number of carboxylic acid groups (broad SMARTS) is 1. The number of rotatable bonds is 3. The van der Waals surface area contributed by atoms with Crippen LogP contribution in [0, 0.1) is 11.3 Å². The summed E-state index contributed by atoms with van der Waals surface area (Å²) in [7, 11) is 0. The number of hydrogen-bond donors (Lipinski definition) is 1. The SMILES string of the molecule is CC(C)c1ccc(C#N)c(=O)n1C(C)C(=O)O. The molecule has 1 rings (SSSR count). The molecule has 1 N–H and O–H groups in total. The van der Waals surface area contributed by atoms with Gasteiger partial charge in [-0.25, -0.2) is 4.79 Å². The zero-order valence-corrected chi connectivity index (χ0v) is 9.97. The van der Waals surface area contributed by atoms with Crippen LogP contribution in [0.25, 0.3) is 0 Å². The number of aromatic nitrogens is 1. The van der Waals surface area contributed by atoms with E-state index in [-0.39, 0.29) is 11.5 Å². The van der Waals surface area contributed by atoms with Gasteiger partial charge in [0.2, 0.25) is 0 Å². The van der Waals surface area contributed by atoms with E-state index in [1.165, 1.54) is 17.6 Å². The van der Waals surface area contributed by atoms with Crippen molar-refractivity contribution in [2.45, 2.75) is 32.7 Å². The number of nitriles is 1. The molecule has 90 valence electrons. The zero-order chi connectivity index (χ0) is 13.2. The van der Waals surface area contributed by atoms with Crippen LogP contribution in [-0.4, -0.2) is 15.6 Å². The Bertz CT molecular complexity index is 538. The van der Waals surface area contributed by atoms with Crippen LogP contribution in [0.1, 0.15) is 44.0 Å². The largest absolute Gasteiger partial charge is 0.480 e. The molecular formula is C12H14N2O3. The molecule has 5 nitrogen and oxygen atoms in total. The van der Waals surface area contributed by atoms with Crippen molar-refractivity contribution in [2.75, 3.05) is 0 Å². The summed E-state index contributed by atoms with van der Waals surface area (Å²) in [5.74, 6) is -1.08. The molecule has 0 saturated carbocycles. The predicted molar refractivity (Wildman–Crippen MR) is 61.9 cm³/mol. The third kappa shape index (κ3) is 2.36. The van der Waals surface area contributed by atoms with Crippen molar-refractivity contribution in [3.05, 3.63) is 33.7 Å². The van der Waals surface area contributed by atoms with Crippen LogP contribution < -0.4 is 5.56 Å². The average Bonchev–Trinajstić information content (AvgIpc) is 2.27. The molecule has 1 aromatic rings. The molecule has 0 bridgehead atoms. The molecule has 0 aliphatic rings. The Kier molecular flexibility index (Phi) is 3.69. The van der Waals surface area contributed by atoms with Gasteiger partial charge < -0.3 is 5.11 Å². The summed E-state index contributed by atoms with van der Waals surface area (Å²) < 4.78 is 1.17. The summed E-state index contributed by atoms with van der Waals surface area (Å²) >= 11 is 0. The summed E-state index contributed by atoms with van der Waals surface area (Å²) in [6.45, 7) is 5.16. The van der Waals surface area contributed by atoms with Crippen molar-refractivity contribution in [3.8, 4) is 6.07 Å². The molecule has 0 aliphatic carbocycles. The van der Waals surface area contributed by atoms with Gasteiger partial charge in [0.25, 0.3) is 5.56 Å². The molecular weight excluding hydrogens is 220 g/mol. The van der Waals surface area contributed by atoms with Gasteiger partial charge in [0.05, 0.1) is 0 Å². The molecule has 0 fully saturated rings. The molecule has 0 amide bonds. The molecule has 1 unspecified atom stereocenters.